The van der Waals surface area contributed by atoms with Crippen LogP contribution in [0.15, 0.2) is 48.5 Å². The minimum Gasteiger partial charge on any atom is -0.451 e. The number of aryl methyl sites for hydroxylation is 2. The van der Waals surface area contributed by atoms with E-state index in [1.54, 1.807) is 43.3 Å². The fourth-order valence-corrected chi connectivity index (χ4v) is 3.41. The van der Waals surface area contributed by atoms with Crippen LogP contribution in [0.5, 0.6) is 0 Å². The Bertz CT molecular complexity index is 955. The minimum atomic E-state index is -3.71. The van der Waals surface area contributed by atoms with Gasteiger partial charge >= 0.3 is 5.97 Å². The van der Waals surface area contributed by atoms with Gasteiger partial charge in [0.05, 0.1) is 11.9 Å². The molecule has 1 N–H and O–H groups in total. The van der Waals surface area contributed by atoms with E-state index in [0.29, 0.717) is 16.9 Å². The summed E-state index contributed by atoms with van der Waals surface area (Å²) in [4.78, 5) is 24.5. The van der Waals surface area contributed by atoms with Crippen LogP contribution >= 0.6 is 0 Å². The smallest absolute Gasteiger partial charge is 0.327 e. The highest BCUT2D eigenvalue weighted by Crippen LogP contribution is 2.22. The molecule has 0 spiro atoms. The zero-order valence-corrected chi connectivity index (χ0v) is 17.1. The molecule has 150 valence electrons. The maximum absolute atomic E-state index is 12.3. The Hall–Kier alpha value is -2.87. The molecule has 2 aromatic rings. The van der Waals surface area contributed by atoms with Crippen molar-refractivity contribution in [2.24, 2.45) is 0 Å². The highest BCUT2D eigenvalue weighted by molar-refractivity contribution is 7.92. The molecule has 2 aromatic carbocycles. The first kappa shape index (κ1) is 21.4. The Labute approximate surface area is 165 Å². The SMILES string of the molecule is Cc1ccc(NC(=O)[C@@H](C)OC(=O)CN(c2ccccc2C)S(C)(=O)=O)cc1. The molecule has 7 nitrogen and oxygen atoms in total. The van der Waals surface area contributed by atoms with E-state index in [-0.39, 0.29) is 0 Å². The first-order valence-electron chi connectivity index (χ1n) is 8.68. The van der Waals surface area contributed by atoms with Crippen LogP contribution in [0, 0.1) is 13.8 Å². The van der Waals surface area contributed by atoms with Crippen LogP contribution in [0.1, 0.15) is 18.1 Å². The molecule has 8 heteroatoms. The summed E-state index contributed by atoms with van der Waals surface area (Å²) in [6.07, 6.45) is -0.0626. The number of rotatable bonds is 7. The predicted molar refractivity (Wildman–Crippen MR) is 109 cm³/mol. The molecule has 28 heavy (non-hydrogen) atoms. The molecule has 0 aliphatic carbocycles. The van der Waals surface area contributed by atoms with Gasteiger partial charge in [0.2, 0.25) is 10.0 Å². The molecule has 0 aromatic heterocycles. The summed E-state index contributed by atoms with van der Waals surface area (Å²) in [7, 11) is -3.71. The lowest BCUT2D eigenvalue weighted by molar-refractivity contribution is -0.151. The molecule has 0 radical (unpaired) electrons. The molecule has 0 bridgehead atoms. The molecule has 0 aliphatic heterocycles. The molecular weight excluding hydrogens is 380 g/mol. The number of sulfonamides is 1. The van der Waals surface area contributed by atoms with Gasteiger partial charge in [-0.05, 0) is 44.5 Å². The monoisotopic (exact) mass is 404 g/mol. The zero-order chi connectivity index (χ0) is 20.9. The molecule has 0 saturated carbocycles. The molecule has 0 saturated heterocycles. The van der Waals surface area contributed by atoms with Gasteiger partial charge in [-0.2, -0.15) is 0 Å². The van der Waals surface area contributed by atoms with Gasteiger partial charge in [-0.25, -0.2) is 8.42 Å². The number of benzene rings is 2. The largest absolute Gasteiger partial charge is 0.451 e. The minimum absolute atomic E-state index is 0.388. The Morgan fingerprint density at radius 3 is 2.25 bits per heavy atom. The Morgan fingerprint density at radius 1 is 1.07 bits per heavy atom. The second-order valence-corrected chi connectivity index (χ2v) is 8.45. The van der Waals surface area contributed by atoms with Gasteiger partial charge in [-0.1, -0.05) is 35.9 Å². The highest BCUT2D eigenvalue weighted by atomic mass is 32.2. The van der Waals surface area contributed by atoms with Crippen molar-refractivity contribution >= 4 is 33.3 Å². The van der Waals surface area contributed by atoms with Crippen LogP contribution in [0.4, 0.5) is 11.4 Å². The van der Waals surface area contributed by atoms with Gasteiger partial charge in [-0.15, -0.1) is 0 Å². The van der Waals surface area contributed by atoms with E-state index in [1.165, 1.54) is 6.92 Å². The van der Waals surface area contributed by atoms with Crippen molar-refractivity contribution in [1.82, 2.24) is 0 Å². The molecular formula is C20H24N2O5S. The third-order valence-corrected chi connectivity index (χ3v) is 5.18. The maximum Gasteiger partial charge on any atom is 0.327 e. The quantitative estimate of drug-likeness (QED) is 0.716. The Kier molecular flexibility index (Phi) is 6.80. The Morgan fingerprint density at radius 2 is 1.68 bits per heavy atom. The van der Waals surface area contributed by atoms with Gasteiger partial charge in [-0.3, -0.25) is 13.9 Å². The van der Waals surface area contributed by atoms with Crippen molar-refractivity contribution < 1.29 is 22.7 Å². The summed E-state index contributed by atoms with van der Waals surface area (Å²) < 4.78 is 30.4. The van der Waals surface area contributed by atoms with E-state index in [0.717, 1.165) is 16.1 Å². The zero-order valence-electron chi connectivity index (χ0n) is 16.3. The number of nitrogens with one attached hydrogen (secondary N) is 1. The highest BCUT2D eigenvalue weighted by Gasteiger charge is 2.25. The number of hydrogen-bond donors (Lipinski definition) is 1. The van der Waals surface area contributed by atoms with Crippen molar-refractivity contribution in [3.8, 4) is 0 Å². The molecule has 0 heterocycles. The number of amides is 1. The molecule has 1 atom stereocenters. The first-order valence-corrected chi connectivity index (χ1v) is 10.5. The molecule has 0 aliphatic rings. The van der Waals surface area contributed by atoms with E-state index < -0.39 is 34.5 Å². The standard InChI is InChI=1S/C20H24N2O5S/c1-14-9-11-17(12-10-14)21-20(24)16(3)27-19(23)13-22(28(4,25)26)18-8-6-5-7-15(18)2/h5-12,16H,13H2,1-4H3,(H,21,24)/t16-/m1/s1. The average Bonchev–Trinajstić information content (AvgIpc) is 2.61. The number of esters is 1. The van der Waals surface area contributed by atoms with Crippen molar-refractivity contribution in [3.63, 3.8) is 0 Å². The predicted octanol–water partition coefficient (Wildman–Crippen LogP) is 2.64. The third kappa shape index (κ3) is 5.82. The van der Waals surface area contributed by atoms with Gasteiger partial charge < -0.3 is 10.1 Å². The number of para-hydroxylation sites is 1. The third-order valence-electron chi connectivity index (χ3n) is 4.05. The van der Waals surface area contributed by atoms with Crippen LogP contribution in [0.2, 0.25) is 0 Å². The summed E-state index contributed by atoms with van der Waals surface area (Å²) in [5.74, 6) is -1.32. The lowest BCUT2D eigenvalue weighted by Gasteiger charge is -2.24. The summed E-state index contributed by atoms with van der Waals surface area (Å²) in [5, 5.41) is 2.65. The first-order chi connectivity index (χ1) is 13.1. The topological polar surface area (TPSA) is 92.8 Å². The fraction of sp³-hybridized carbons (Fsp3) is 0.300. The second kappa shape index (κ2) is 8.88. The summed E-state index contributed by atoms with van der Waals surface area (Å²) >= 11 is 0. The van der Waals surface area contributed by atoms with E-state index in [1.807, 2.05) is 19.1 Å². The molecule has 0 fully saturated rings. The van der Waals surface area contributed by atoms with Crippen LogP contribution in [0.25, 0.3) is 0 Å². The molecule has 2 rings (SSSR count). The van der Waals surface area contributed by atoms with Gasteiger partial charge in [0.15, 0.2) is 6.10 Å². The number of anilines is 2. The van der Waals surface area contributed by atoms with E-state index in [9.17, 15) is 18.0 Å². The number of carbonyl (C=O) groups is 2. The molecule has 1 amide bonds. The lowest BCUT2D eigenvalue weighted by atomic mass is 10.2. The van der Waals surface area contributed by atoms with E-state index in [4.69, 9.17) is 4.74 Å². The van der Waals surface area contributed by atoms with E-state index in [2.05, 4.69) is 5.32 Å². The van der Waals surface area contributed by atoms with Gasteiger partial charge in [0.1, 0.15) is 6.54 Å². The lowest BCUT2D eigenvalue weighted by Crippen LogP contribution is -2.39. The number of carbonyl (C=O) groups excluding carboxylic acids is 2. The van der Waals surface area contributed by atoms with E-state index >= 15 is 0 Å². The van der Waals surface area contributed by atoms with Gasteiger partial charge in [0, 0.05) is 5.69 Å². The van der Waals surface area contributed by atoms with Crippen LogP contribution in [0.3, 0.4) is 0 Å². The fourth-order valence-electron chi connectivity index (χ4n) is 2.51. The van der Waals surface area contributed by atoms with Crippen molar-refractivity contribution in [1.29, 1.82) is 0 Å². The average molecular weight is 404 g/mol. The van der Waals surface area contributed by atoms with Crippen molar-refractivity contribution in [2.75, 3.05) is 22.4 Å². The van der Waals surface area contributed by atoms with Crippen LogP contribution in [-0.2, 0) is 24.3 Å². The van der Waals surface area contributed by atoms with Crippen molar-refractivity contribution in [2.45, 2.75) is 26.9 Å². The van der Waals surface area contributed by atoms with Crippen molar-refractivity contribution in [3.05, 3.63) is 59.7 Å². The number of ether oxygens (including phenoxy) is 1. The van der Waals surface area contributed by atoms with Crippen LogP contribution < -0.4 is 9.62 Å². The maximum atomic E-state index is 12.3. The summed E-state index contributed by atoms with van der Waals surface area (Å²) in [5.41, 5.74) is 2.72. The normalized spacial score (nSPS) is 12.1. The van der Waals surface area contributed by atoms with Crippen LogP contribution in [-0.4, -0.2) is 39.2 Å². The second-order valence-electron chi connectivity index (χ2n) is 6.54. The molecule has 0 unspecified atom stereocenters. The summed E-state index contributed by atoms with van der Waals surface area (Å²) in [6.45, 7) is 4.58. The summed E-state index contributed by atoms with van der Waals surface area (Å²) in [6, 6.07) is 14.0. The number of nitrogens with zero attached hydrogens (tertiary/aromatic N) is 1. The van der Waals surface area contributed by atoms with Gasteiger partial charge in [0.25, 0.3) is 5.91 Å². The number of hydrogen-bond acceptors (Lipinski definition) is 5. The Balaban J connectivity index is 2.04.